The number of hydrogen-bond acceptors (Lipinski definition) is 4. The molecular weight excluding hydrogens is 182 g/mol. The van der Waals surface area contributed by atoms with E-state index < -0.39 is 0 Å². The minimum absolute atomic E-state index is 0.131. The molecule has 1 aromatic carbocycles. The van der Waals surface area contributed by atoms with Crippen molar-refractivity contribution in [2.45, 2.75) is 0 Å². The predicted molar refractivity (Wildman–Crippen MR) is 54.9 cm³/mol. The summed E-state index contributed by atoms with van der Waals surface area (Å²) < 4.78 is 0. The zero-order chi connectivity index (χ0) is 10.1. The van der Waals surface area contributed by atoms with Crippen LogP contribution in [0, 0.1) is 10.1 Å². The average molecular weight is 193 g/mol. The summed E-state index contributed by atoms with van der Waals surface area (Å²) >= 11 is 0. The minimum Gasteiger partial charge on any atom is -0.381 e. The fraction of sp³-hybridized carbons (Fsp3) is 0.333. The lowest BCUT2D eigenvalue weighted by Gasteiger charge is -2.28. The number of hydrogen-bond donors (Lipinski definition) is 1. The van der Waals surface area contributed by atoms with E-state index in [1.165, 1.54) is 6.07 Å². The molecule has 0 bridgehead atoms. The molecule has 0 unspecified atom stereocenters. The highest BCUT2D eigenvalue weighted by Gasteiger charge is 2.16. The van der Waals surface area contributed by atoms with Crippen molar-refractivity contribution in [1.82, 2.24) is 0 Å². The molecule has 1 heterocycles. The Kier molecular flexibility index (Phi) is 1.99. The summed E-state index contributed by atoms with van der Waals surface area (Å²) in [5.74, 6) is 0. The van der Waals surface area contributed by atoms with Gasteiger partial charge in [0.2, 0.25) is 0 Å². The standard InChI is InChI=1S/C9H11N3O2/c1-11-5-4-10-8-6-7(12(13)14)2-3-9(8)11/h2-3,6,10H,4-5H2,1H3. The van der Waals surface area contributed by atoms with Gasteiger partial charge in [-0.15, -0.1) is 0 Å². The van der Waals surface area contributed by atoms with Crippen LogP contribution in [0.3, 0.4) is 0 Å². The summed E-state index contributed by atoms with van der Waals surface area (Å²) in [5, 5.41) is 13.7. The van der Waals surface area contributed by atoms with Crippen LogP contribution in [0.15, 0.2) is 18.2 Å². The maximum absolute atomic E-state index is 10.5. The molecule has 0 aliphatic carbocycles. The van der Waals surface area contributed by atoms with Crippen LogP contribution in [0.2, 0.25) is 0 Å². The van der Waals surface area contributed by atoms with E-state index in [0.29, 0.717) is 0 Å². The first kappa shape index (κ1) is 8.80. The number of non-ortho nitro benzene ring substituents is 1. The van der Waals surface area contributed by atoms with Crippen LogP contribution < -0.4 is 10.2 Å². The molecule has 0 amide bonds. The summed E-state index contributed by atoms with van der Waals surface area (Å²) in [5.41, 5.74) is 1.99. The lowest BCUT2D eigenvalue weighted by atomic mass is 10.2. The van der Waals surface area contributed by atoms with Crippen LogP contribution in [-0.2, 0) is 0 Å². The Bertz CT molecular complexity index is 378. The molecule has 0 aromatic heterocycles. The minimum atomic E-state index is -0.378. The van der Waals surface area contributed by atoms with E-state index in [2.05, 4.69) is 10.2 Å². The van der Waals surface area contributed by atoms with Crippen LogP contribution in [0.5, 0.6) is 0 Å². The maximum Gasteiger partial charge on any atom is 0.271 e. The zero-order valence-electron chi connectivity index (χ0n) is 7.86. The van der Waals surface area contributed by atoms with Crippen molar-refractivity contribution in [3.8, 4) is 0 Å². The van der Waals surface area contributed by atoms with Crippen LogP contribution in [0.25, 0.3) is 0 Å². The highest BCUT2D eigenvalue weighted by Crippen LogP contribution is 2.31. The molecule has 5 heteroatoms. The van der Waals surface area contributed by atoms with E-state index in [9.17, 15) is 10.1 Å². The van der Waals surface area contributed by atoms with E-state index in [-0.39, 0.29) is 10.6 Å². The van der Waals surface area contributed by atoms with E-state index in [4.69, 9.17) is 0 Å². The lowest BCUT2D eigenvalue weighted by molar-refractivity contribution is -0.384. The zero-order valence-corrected chi connectivity index (χ0v) is 7.86. The number of nitro groups is 1. The van der Waals surface area contributed by atoms with Gasteiger partial charge >= 0.3 is 0 Å². The van der Waals surface area contributed by atoms with Crippen molar-refractivity contribution in [1.29, 1.82) is 0 Å². The summed E-state index contributed by atoms with van der Waals surface area (Å²) in [6.45, 7) is 1.75. The van der Waals surface area contributed by atoms with Gasteiger partial charge in [-0.2, -0.15) is 0 Å². The normalized spacial score (nSPS) is 14.5. The average Bonchev–Trinajstić information content (AvgIpc) is 2.17. The second kappa shape index (κ2) is 3.17. The molecular formula is C9H11N3O2. The quantitative estimate of drug-likeness (QED) is 0.541. The molecule has 1 N–H and O–H groups in total. The van der Waals surface area contributed by atoms with E-state index >= 15 is 0 Å². The van der Waals surface area contributed by atoms with Gasteiger partial charge in [0.15, 0.2) is 0 Å². The second-order valence-electron chi connectivity index (χ2n) is 3.31. The largest absolute Gasteiger partial charge is 0.381 e. The lowest BCUT2D eigenvalue weighted by Crippen LogP contribution is -2.30. The molecule has 0 saturated carbocycles. The SMILES string of the molecule is CN1CCNc2cc([N+](=O)[O-])ccc21. The summed E-state index contributed by atoms with van der Waals surface area (Å²) in [4.78, 5) is 12.2. The number of likely N-dealkylation sites (N-methyl/N-ethyl adjacent to an activating group) is 1. The Labute approximate surface area is 81.5 Å². The molecule has 1 aliphatic heterocycles. The van der Waals surface area contributed by atoms with Gasteiger partial charge in [0.05, 0.1) is 16.3 Å². The van der Waals surface area contributed by atoms with Gasteiger partial charge in [-0.25, -0.2) is 0 Å². The van der Waals surface area contributed by atoms with Crippen molar-refractivity contribution >= 4 is 17.1 Å². The molecule has 1 aromatic rings. The molecule has 0 radical (unpaired) electrons. The monoisotopic (exact) mass is 193 g/mol. The highest BCUT2D eigenvalue weighted by molar-refractivity contribution is 5.74. The van der Waals surface area contributed by atoms with Crippen molar-refractivity contribution in [3.63, 3.8) is 0 Å². The number of rotatable bonds is 1. The van der Waals surface area contributed by atoms with E-state index in [1.54, 1.807) is 12.1 Å². The molecule has 5 nitrogen and oxygen atoms in total. The van der Waals surface area contributed by atoms with Crippen LogP contribution >= 0.6 is 0 Å². The van der Waals surface area contributed by atoms with Crippen LogP contribution in [0.4, 0.5) is 17.1 Å². The molecule has 0 fully saturated rings. The molecule has 0 saturated heterocycles. The molecule has 0 spiro atoms. The van der Waals surface area contributed by atoms with Gasteiger partial charge in [0, 0.05) is 32.3 Å². The Morgan fingerprint density at radius 3 is 3.07 bits per heavy atom. The third kappa shape index (κ3) is 1.37. The smallest absolute Gasteiger partial charge is 0.271 e. The first-order chi connectivity index (χ1) is 6.68. The molecule has 14 heavy (non-hydrogen) atoms. The van der Waals surface area contributed by atoms with Crippen LogP contribution in [0.1, 0.15) is 0 Å². The van der Waals surface area contributed by atoms with E-state index in [1.807, 2.05) is 7.05 Å². The Balaban J connectivity index is 2.44. The summed E-state index contributed by atoms with van der Waals surface area (Å²) in [6.07, 6.45) is 0. The molecule has 2 rings (SSSR count). The highest BCUT2D eigenvalue weighted by atomic mass is 16.6. The Morgan fingerprint density at radius 1 is 1.57 bits per heavy atom. The number of nitrogens with one attached hydrogen (secondary N) is 1. The van der Waals surface area contributed by atoms with Gasteiger partial charge in [-0.3, -0.25) is 10.1 Å². The third-order valence-corrected chi connectivity index (χ3v) is 2.36. The molecule has 74 valence electrons. The molecule has 1 aliphatic rings. The van der Waals surface area contributed by atoms with Gasteiger partial charge in [-0.05, 0) is 6.07 Å². The summed E-state index contributed by atoms with van der Waals surface area (Å²) in [7, 11) is 1.98. The van der Waals surface area contributed by atoms with Gasteiger partial charge in [0.1, 0.15) is 0 Å². The number of nitrogens with zero attached hydrogens (tertiary/aromatic N) is 2. The number of fused-ring (bicyclic) bond motifs is 1. The fourth-order valence-corrected chi connectivity index (χ4v) is 1.59. The number of nitro benzene ring substituents is 1. The maximum atomic E-state index is 10.5. The molecule has 0 atom stereocenters. The van der Waals surface area contributed by atoms with Gasteiger partial charge < -0.3 is 10.2 Å². The Morgan fingerprint density at radius 2 is 2.36 bits per heavy atom. The van der Waals surface area contributed by atoms with Crippen molar-refractivity contribution < 1.29 is 4.92 Å². The topological polar surface area (TPSA) is 58.4 Å². The Hall–Kier alpha value is -1.78. The van der Waals surface area contributed by atoms with Gasteiger partial charge in [0.25, 0.3) is 5.69 Å². The first-order valence-electron chi connectivity index (χ1n) is 4.42. The van der Waals surface area contributed by atoms with E-state index in [0.717, 1.165) is 24.5 Å². The fourth-order valence-electron chi connectivity index (χ4n) is 1.59. The number of benzene rings is 1. The number of anilines is 2. The van der Waals surface area contributed by atoms with Crippen molar-refractivity contribution in [3.05, 3.63) is 28.3 Å². The predicted octanol–water partition coefficient (Wildman–Crippen LogP) is 1.46. The van der Waals surface area contributed by atoms with Crippen molar-refractivity contribution in [2.24, 2.45) is 0 Å². The second-order valence-corrected chi connectivity index (χ2v) is 3.31. The summed E-state index contributed by atoms with van der Waals surface area (Å²) in [6, 6.07) is 4.88. The first-order valence-corrected chi connectivity index (χ1v) is 4.42. The van der Waals surface area contributed by atoms with Crippen molar-refractivity contribution in [2.75, 3.05) is 30.4 Å². The van der Waals surface area contributed by atoms with Crippen LogP contribution in [-0.4, -0.2) is 25.1 Å². The third-order valence-electron chi connectivity index (χ3n) is 2.36. The van der Waals surface area contributed by atoms with Gasteiger partial charge in [-0.1, -0.05) is 0 Å².